The summed E-state index contributed by atoms with van der Waals surface area (Å²) in [7, 11) is 0. The molecule has 0 amide bonds. The Morgan fingerprint density at radius 2 is 2.00 bits per heavy atom. The van der Waals surface area contributed by atoms with E-state index in [-0.39, 0.29) is 0 Å². The molecule has 0 aromatic rings. The first kappa shape index (κ1) is 13.9. The van der Waals surface area contributed by atoms with Gasteiger partial charge in [0.25, 0.3) is 0 Å². The average Bonchev–Trinajstić information content (AvgIpc) is 2.17. The molecule has 2 N–H and O–H groups in total. The van der Waals surface area contributed by atoms with Crippen molar-refractivity contribution in [1.29, 1.82) is 0 Å². The van der Waals surface area contributed by atoms with Crippen molar-refractivity contribution in [2.24, 2.45) is 5.92 Å². The maximum absolute atomic E-state index is 5.46. The maximum atomic E-state index is 5.46. The van der Waals surface area contributed by atoms with Crippen LogP contribution in [0.1, 0.15) is 40.5 Å². The van der Waals surface area contributed by atoms with Crippen LogP contribution in [0.3, 0.4) is 0 Å². The summed E-state index contributed by atoms with van der Waals surface area (Å²) >= 11 is 0. The number of ether oxygens (including phenoxy) is 1. The van der Waals surface area contributed by atoms with Gasteiger partial charge in [-0.1, -0.05) is 13.8 Å². The molecule has 1 rings (SSSR count). The van der Waals surface area contributed by atoms with E-state index in [1.54, 1.807) is 0 Å². The fourth-order valence-corrected chi connectivity index (χ4v) is 2.53. The van der Waals surface area contributed by atoms with Gasteiger partial charge in [0.1, 0.15) is 0 Å². The largest absolute Gasteiger partial charge is 0.379 e. The lowest BCUT2D eigenvalue weighted by atomic mass is 10.0. The van der Waals surface area contributed by atoms with Gasteiger partial charge in [-0.05, 0) is 32.6 Å². The first-order chi connectivity index (χ1) is 7.58. The van der Waals surface area contributed by atoms with Gasteiger partial charge in [0.15, 0.2) is 0 Å². The highest BCUT2D eigenvalue weighted by Crippen LogP contribution is 2.07. The summed E-state index contributed by atoms with van der Waals surface area (Å²) in [6.45, 7) is 11.8. The lowest BCUT2D eigenvalue weighted by Crippen LogP contribution is -2.46. The van der Waals surface area contributed by atoms with E-state index in [1.807, 2.05) is 0 Å². The van der Waals surface area contributed by atoms with Gasteiger partial charge in [0.2, 0.25) is 0 Å². The van der Waals surface area contributed by atoms with Crippen molar-refractivity contribution in [3.63, 3.8) is 0 Å². The Morgan fingerprint density at radius 1 is 1.25 bits per heavy atom. The fourth-order valence-electron chi connectivity index (χ4n) is 2.53. The molecular weight excluding hydrogens is 200 g/mol. The Hall–Kier alpha value is -0.120. The monoisotopic (exact) mass is 228 g/mol. The number of hydrogen-bond acceptors (Lipinski definition) is 3. The van der Waals surface area contributed by atoms with E-state index in [1.165, 1.54) is 6.42 Å². The first-order valence-corrected chi connectivity index (χ1v) is 6.65. The molecule has 3 heteroatoms. The standard InChI is InChI=1S/C13H28N2O/c1-10(2)7-11(3)15-12(4)8-13-9-16-6-5-14-13/h10-15H,5-9H2,1-4H3. The van der Waals surface area contributed by atoms with Crippen LogP contribution in [0, 0.1) is 5.92 Å². The Balaban J connectivity index is 2.15. The Kier molecular flexibility index (Phi) is 6.32. The van der Waals surface area contributed by atoms with Crippen LogP contribution in [0.25, 0.3) is 0 Å². The highest BCUT2D eigenvalue weighted by molar-refractivity contribution is 4.77. The van der Waals surface area contributed by atoms with Crippen LogP contribution in [0.5, 0.6) is 0 Å². The van der Waals surface area contributed by atoms with E-state index in [0.29, 0.717) is 18.1 Å². The fraction of sp³-hybridized carbons (Fsp3) is 1.00. The van der Waals surface area contributed by atoms with Crippen molar-refractivity contribution < 1.29 is 4.74 Å². The molecule has 0 saturated carbocycles. The van der Waals surface area contributed by atoms with Gasteiger partial charge in [0, 0.05) is 24.7 Å². The summed E-state index contributed by atoms with van der Waals surface area (Å²) in [5.74, 6) is 0.769. The molecule has 0 bridgehead atoms. The lowest BCUT2D eigenvalue weighted by molar-refractivity contribution is 0.0707. The lowest BCUT2D eigenvalue weighted by Gasteiger charge is -2.28. The molecule has 1 saturated heterocycles. The molecule has 16 heavy (non-hydrogen) atoms. The highest BCUT2D eigenvalue weighted by atomic mass is 16.5. The molecular formula is C13H28N2O. The van der Waals surface area contributed by atoms with Gasteiger partial charge in [0.05, 0.1) is 13.2 Å². The van der Waals surface area contributed by atoms with Crippen LogP contribution in [-0.2, 0) is 4.74 Å². The molecule has 1 fully saturated rings. The average molecular weight is 228 g/mol. The molecule has 3 unspecified atom stereocenters. The van der Waals surface area contributed by atoms with Crippen LogP contribution >= 0.6 is 0 Å². The Morgan fingerprint density at radius 3 is 2.56 bits per heavy atom. The van der Waals surface area contributed by atoms with Crippen molar-refractivity contribution in [2.45, 2.75) is 58.7 Å². The third-order valence-corrected chi connectivity index (χ3v) is 3.03. The zero-order valence-corrected chi connectivity index (χ0v) is 11.3. The summed E-state index contributed by atoms with van der Waals surface area (Å²) in [6.07, 6.45) is 2.40. The molecule has 0 aliphatic carbocycles. The predicted octanol–water partition coefficient (Wildman–Crippen LogP) is 1.78. The van der Waals surface area contributed by atoms with Crippen LogP contribution in [0.15, 0.2) is 0 Å². The van der Waals surface area contributed by atoms with Gasteiger partial charge in [-0.2, -0.15) is 0 Å². The minimum absolute atomic E-state index is 0.530. The van der Waals surface area contributed by atoms with E-state index in [9.17, 15) is 0 Å². The number of hydrogen-bond donors (Lipinski definition) is 2. The topological polar surface area (TPSA) is 33.3 Å². The first-order valence-electron chi connectivity index (χ1n) is 6.65. The van der Waals surface area contributed by atoms with E-state index in [0.717, 1.165) is 32.1 Å². The number of morpholine rings is 1. The number of nitrogens with one attached hydrogen (secondary N) is 2. The minimum Gasteiger partial charge on any atom is -0.379 e. The summed E-state index contributed by atoms with van der Waals surface area (Å²) < 4.78 is 5.46. The number of rotatable bonds is 6. The van der Waals surface area contributed by atoms with Crippen molar-refractivity contribution >= 4 is 0 Å². The van der Waals surface area contributed by atoms with Gasteiger partial charge in [-0.3, -0.25) is 0 Å². The molecule has 0 aromatic carbocycles. The molecule has 1 aliphatic rings. The van der Waals surface area contributed by atoms with Crippen LogP contribution < -0.4 is 10.6 Å². The Bertz CT molecular complexity index is 179. The van der Waals surface area contributed by atoms with Crippen molar-refractivity contribution in [3.05, 3.63) is 0 Å². The molecule has 0 spiro atoms. The van der Waals surface area contributed by atoms with Gasteiger partial charge >= 0.3 is 0 Å². The maximum Gasteiger partial charge on any atom is 0.0620 e. The van der Waals surface area contributed by atoms with Gasteiger partial charge in [-0.25, -0.2) is 0 Å². The summed E-state index contributed by atoms with van der Waals surface area (Å²) in [4.78, 5) is 0. The zero-order chi connectivity index (χ0) is 12.0. The third-order valence-electron chi connectivity index (χ3n) is 3.03. The molecule has 96 valence electrons. The van der Waals surface area contributed by atoms with Crippen LogP contribution in [0.2, 0.25) is 0 Å². The minimum atomic E-state index is 0.530. The molecule has 1 heterocycles. The van der Waals surface area contributed by atoms with E-state index in [4.69, 9.17) is 4.74 Å². The van der Waals surface area contributed by atoms with Crippen LogP contribution in [0.4, 0.5) is 0 Å². The smallest absolute Gasteiger partial charge is 0.0620 e. The zero-order valence-electron chi connectivity index (χ0n) is 11.3. The Labute approximate surface area is 100 Å². The predicted molar refractivity (Wildman–Crippen MR) is 68.7 cm³/mol. The molecule has 3 atom stereocenters. The summed E-state index contributed by atoms with van der Waals surface area (Å²) in [6, 6.07) is 1.70. The van der Waals surface area contributed by atoms with Gasteiger partial charge < -0.3 is 15.4 Å². The van der Waals surface area contributed by atoms with Crippen molar-refractivity contribution in [1.82, 2.24) is 10.6 Å². The second-order valence-electron chi connectivity index (χ2n) is 5.56. The second-order valence-corrected chi connectivity index (χ2v) is 5.56. The highest BCUT2D eigenvalue weighted by Gasteiger charge is 2.17. The SMILES string of the molecule is CC(C)CC(C)NC(C)CC1COCCN1. The molecule has 0 radical (unpaired) electrons. The third kappa shape index (κ3) is 5.83. The van der Waals surface area contributed by atoms with E-state index in [2.05, 4.69) is 38.3 Å². The van der Waals surface area contributed by atoms with E-state index >= 15 is 0 Å². The summed E-state index contributed by atoms with van der Waals surface area (Å²) in [5.41, 5.74) is 0. The normalized spacial score (nSPS) is 25.7. The van der Waals surface area contributed by atoms with Gasteiger partial charge in [-0.15, -0.1) is 0 Å². The molecule has 1 aliphatic heterocycles. The molecule has 0 aromatic heterocycles. The molecule has 3 nitrogen and oxygen atoms in total. The van der Waals surface area contributed by atoms with Crippen molar-refractivity contribution in [2.75, 3.05) is 19.8 Å². The second kappa shape index (κ2) is 7.25. The van der Waals surface area contributed by atoms with Crippen molar-refractivity contribution in [3.8, 4) is 0 Å². The summed E-state index contributed by atoms with van der Waals surface area (Å²) in [5, 5.41) is 7.16. The van der Waals surface area contributed by atoms with Crippen LogP contribution in [-0.4, -0.2) is 37.9 Å². The quantitative estimate of drug-likeness (QED) is 0.727. The van der Waals surface area contributed by atoms with E-state index < -0.39 is 0 Å².